The summed E-state index contributed by atoms with van der Waals surface area (Å²) < 4.78 is 14.9. The molecule has 236 valence electrons. The minimum absolute atomic E-state index is 0.159. The van der Waals surface area contributed by atoms with E-state index in [2.05, 4.69) is 17.2 Å². The van der Waals surface area contributed by atoms with E-state index < -0.39 is 28.9 Å². The lowest BCUT2D eigenvalue weighted by Gasteiger charge is -2.34. The van der Waals surface area contributed by atoms with Crippen LogP contribution in [0.3, 0.4) is 0 Å². The number of nitrogens with zero attached hydrogens (tertiary/aromatic N) is 5. The summed E-state index contributed by atoms with van der Waals surface area (Å²) in [5.74, 6) is 5.77. The fourth-order valence-corrected chi connectivity index (χ4v) is 5.29. The van der Waals surface area contributed by atoms with Crippen molar-refractivity contribution in [3.8, 4) is 11.8 Å². The molecule has 0 bridgehead atoms. The van der Waals surface area contributed by atoms with Crippen LogP contribution in [0.15, 0.2) is 27.8 Å². The molecule has 12 nitrogen and oxygen atoms in total. The Morgan fingerprint density at radius 3 is 2.64 bits per heavy atom. The number of hydrogen-bond donors (Lipinski definition) is 1. The van der Waals surface area contributed by atoms with Gasteiger partial charge in [-0.1, -0.05) is 30.5 Å². The van der Waals surface area contributed by atoms with E-state index in [0.29, 0.717) is 36.0 Å². The molecular weight excluding hydrogens is 588 g/mol. The number of hydrogen-bond acceptors (Lipinski definition) is 8. The summed E-state index contributed by atoms with van der Waals surface area (Å²) in [6.45, 7) is 10.3. The smallest absolute Gasteiger partial charge is 0.407 e. The number of piperidine rings is 1. The van der Waals surface area contributed by atoms with E-state index in [0.717, 1.165) is 17.4 Å². The number of ether oxygens (including phenoxy) is 2. The largest absolute Gasteiger partial charge is 0.462 e. The van der Waals surface area contributed by atoms with Gasteiger partial charge in [0.15, 0.2) is 11.2 Å². The molecule has 1 amide bonds. The van der Waals surface area contributed by atoms with Crippen LogP contribution in [0.5, 0.6) is 0 Å². The van der Waals surface area contributed by atoms with Crippen LogP contribution >= 0.6 is 11.6 Å². The first-order valence-corrected chi connectivity index (χ1v) is 15.0. The van der Waals surface area contributed by atoms with Gasteiger partial charge in [-0.3, -0.25) is 18.5 Å². The first kappa shape index (κ1) is 32.7. The van der Waals surface area contributed by atoms with Crippen LogP contribution in [0, 0.1) is 11.8 Å². The summed E-state index contributed by atoms with van der Waals surface area (Å²) in [5, 5.41) is 3.26. The Labute approximate surface area is 260 Å². The Balaban J connectivity index is 1.77. The van der Waals surface area contributed by atoms with Gasteiger partial charge >= 0.3 is 17.8 Å². The first-order chi connectivity index (χ1) is 20.8. The van der Waals surface area contributed by atoms with Crippen LogP contribution in [-0.4, -0.2) is 62.1 Å². The van der Waals surface area contributed by atoms with E-state index in [-0.39, 0.29) is 42.5 Å². The zero-order valence-electron chi connectivity index (χ0n) is 26.0. The first-order valence-electron chi connectivity index (χ1n) is 14.6. The van der Waals surface area contributed by atoms with Gasteiger partial charge in [-0.05, 0) is 64.7 Å². The Bertz CT molecular complexity index is 1740. The fourth-order valence-electron chi connectivity index (χ4n) is 5.12. The van der Waals surface area contributed by atoms with E-state index >= 15 is 0 Å². The van der Waals surface area contributed by atoms with Crippen LogP contribution in [0.4, 0.5) is 10.7 Å². The predicted molar refractivity (Wildman–Crippen MR) is 168 cm³/mol. The number of amides is 1. The molecule has 44 heavy (non-hydrogen) atoms. The second-order valence-electron chi connectivity index (χ2n) is 11.7. The van der Waals surface area contributed by atoms with Crippen molar-refractivity contribution in [2.75, 3.05) is 24.6 Å². The van der Waals surface area contributed by atoms with Crippen molar-refractivity contribution in [1.82, 2.24) is 24.0 Å². The molecule has 3 aromatic rings. The number of rotatable bonds is 8. The molecule has 1 aliphatic rings. The second-order valence-corrected chi connectivity index (χ2v) is 12.1. The lowest BCUT2D eigenvalue weighted by atomic mass is 10.1. The molecular formula is C31H39ClN6O6. The molecule has 13 heteroatoms. The second kappa shape index (κ2) is 13.6. The van der Waals surface area contributed by atoms with Crippen molar-refractivity contribution in [1.29, 1.82) is 0 Å². The molecule has 0 aliphatic carbocycles. The standard InChI is InChI=1S/C31H39ClN6O6/c1-7-9-15-37-24-25(34-28(37)36-14-10-11-22(19-36)33-29(41)44-31(3,4)5)35(6)30(42)38(26(24)39)18-20-12-13-21(32)17-23(20)27(40)43-16-8-2/h12-13,17,22H,8,10-11,14-16,18-19H2,1-6H3,(H,33,41)/t22-/m1/s1. The van der Waals surface area contributed by atoms with Crippen LogP contribution in [0.1, 0.15) is 69.8 Å². The van der Waals surface area contributed by atoms with E-state index in [1.165, 1.54) is 10.6 Å². The lowest BCUT2D eigenvalue weighted by Crippen LogP contribution is -2.49. The third kappa shape index (κ3) is 7.27. The highest BCUT2D eigenvalue weighted by Gasteiger charge is 2.29. The number of alkyl carbamates (subject to hydrolysis) is 1. The molecule has 1 aliphatic heterocycles. The molecule has 1 aromatic carbocycles. The van der Waals surface area contributed by atoms with Gasteiger partial charge in [0.05, 0.1) is 25.3 Å². The molecule has 1 saturated heterocycles. The topological polar surface area (TPSA) is 130 Å². The Morgan fingerprint density at radius 1 is 1.20 bits per heavy atom. The van der Waals surface area contributed by atoms with Gasteiger partial charge < -0.3 is 19.7 Å². The van der Waals surface area contributed by atoms with Crippen molar-refractivity contribution in [2.24, 2.45) is 7.05 Å². The molecule has 2 aromatic heterocycles. The molecule has 0 unspecified atom stereocenters. The van der Waals surface area contributed by atoms with E-state index in [1.807, 2.05) is 11.8 Å². The number of aryl methyl sites for hydroxylation is 1. The molecule has 1 fully saturated rings. The average molecular weight is 627 g/mol. The van der Waals surface area contributed by atoms with Crippen LogP contribution in [0.25, 0.3) is 11.2 Å². The van der Waals surface area contributed by atoms with Crippen molar-refractivity contribution >= 4 is 40.8 Å². The number of anilines is 1. The van der Waals surface area contributed by atoms with Crippen molar-refractivity contribution in [3.05, 3.63) is 55.2 Å². The normalized spacial score (nSPS) is 15.1. The summed E-state index contributed by atoms with van der Waals surface area (Å²) in [4.78, 5) is 59.6. The number of carbonyl (C=O) groups excluding carboxylic acids is 2. The Morgan fingerprint density at radius 2 is 1.95 bits per heavy atom. The molecule has 1 atom stereocenters. The van der Waals surface area contributed by atoms with Gasteiger partial charge in [0.1, 0.15) is 5.60 Å². The van der Waals surface area contributed by atoms with Gasteiger partial charge in [0, 0.05) is 31.2 Å². The summed E-state index contributed by atoms with van der Waals surface area (Å²) >= 11 is 6.17. The monoisotopic (exact) mass is 626 g/mol. The van der Waals surface area contributed by atoms with Crippen LogP contribution < -0.4 is 21.5 Å². The predicted octanol–water partition coefficient (Wildman–Crippen LogP) is 3.68. The Hall–Kier alpha value is -4.24. The summed E-state index contributed by atoms with van der Waals surface area (Å²) in [5.41, 5.74) is -0.766. The minimum atomic E-state index is -0.626. The van der Waals surface area contributed by atoms with Crippen molar-refractivity contribution < 1.29 is 19.1 Å². The maximum Gasteiger partial charge on any atom is 0.407 e. The molecule has 1 N–H and O–H groups in total. The zero-order valence-corrected chi connectivity index (χ0v) is 26.8. The van der Waals surface area contributed by atoms with Gasteiger partial charge in [-0.2, -0.15) is 4.98 Å². The summed E-state index contributed by atoms with van der Waals surface area (Å²) in [6, 6.07) is 4.47. The molecule has 4 rings (SSSR count). The van der Waals surface area contributed by atoms with E-state index in [9.17, 15) is 19.2 Å². The molecule has 3 heterocycles. The van der Waals surface area contributed by atoms with Crippen molar-refractivity contribution in [2.45, 2.75) is 78.6 Å². The summed E-state index contributed by atoms with van der Waals surface area (Å²) in [7, 11) is 1.55. The molecule has 0 radical (unpaired) electrons. The lowest BCUT2D eigenvalue weighted by molar-refractivity contribution is 0.0491. The number of fused-ring (bicyclic) bond motifs is 1. The SMILES string of the molecule is CC#CCn1c(N2CCC[C@@H](NC(=O)OC(C)(C)C)C2)nc2c1c(=O)n(Cc1ccc(Cl)cc1C(=O)OCCC)c(=O)n2C. The average Bonchev–Trinajstić information content (AvgIpc) is 3.35. The molecule has 0 spiro atoms. The third-order valence-electron chi connectivity index (χ3n) is 7.11. The quantitative estimate of drug-likeness (QED) is 0.296. The Kier molecular flexibility index (Phi) is 10.1. The number of nitrogens with one attached hydrogen (secondary N) is 1. The number of aromatic nitrogens is 4. The van der Waals surface area contributed by atoms with E-state index in [4.69, 9.17) is 26.1 Å². The van der Waals surface area contributed by atoms with Crippen molar-refractivity contribution in [3.63, 3.8) is 0 Å². The van der Waals surface area contributed by atoms with Gasteiger partial charge in [-0.25, -0.2) is 14.4 Å². The van der Waals surface area contributed by atoms with Crippen LogP contribution in [0.2, 0.25) is 5.02 Å². The van der Waals surface area contributed by atoms with E-state index in [1.54, 1.807) is 51.4 Å². The zero-order chi connectivity index (χ0) is 32.2. The highest BCUT2D eigenvalue weighted by Crippen LogP contribution is 2.24. The number of carbonyl (C=O) groups is 2. The van der Waals surface area contributed by atoms with Gasteiger partial charge in [-0.15, -0.1) is 5.92 Å². The third-order valence-corrected chi connectivity index (χ3v) is 7.34. The van der Waals surface area contributed by atoms with Gasteiger partial charge in [0.25, 0.3) is 5.56 Å². The van der Waals surface area contributed by atoms with Gasteiger partial charge in [0.2, 0.25) is 5.95 Å². The maximum atomic E-state index is 14.1. The number of imidazole rings is 1. The number of halogens is 1. The number of benzene rings is 1. The maximum absolute atomic E-state index is 14.1. The fraction of sp³-hybridized carbons (Fsp3) is 0.516. The van der Waals surface area contributed by atoms with Crippen LogP contribution in [-0.2, 0) is 29.6 Å². The highest BCUT2D eigenvalue weighted by molar-refractivity contribution is 6.31. The highest BCUT2D eigenvalue weighted by atomic mass is 35.5. The minimum Gasteiger partial charge on any atom is -0.462 e. The number of esters is 1. The summed E-state index contributed by atoms with van der Waals surface area (Å²) in [6.07, 6.45) is 1.65. The molecule has 0 saturated carbocycles.